The van der Waals surface area contributed by atoms with Crippen LogP contribution in [0.2, 0.25) is 0 Å². The van der Waals surface area contributed by atoms with Gasteiger partial charge in [0, 0.05) is 11.1 Å². The largest absolute Gasteiger partial charge is 0.464 e. The Bertz CT molecular complexity index is 564. The zero-order chi connectivity index (χ0) is 17.3. The third-order valence-corrected chi connectivity index (χ3v) is 5.25. The van der Waals surface area contributed by atoms with Gasteiger partial charge in [-0.3, -0.25) is 0 Å². The predicted molar refractivity (Wildman–Crippen MR) is 87.9 cm³/mol. The molecule has 1 saturated carbocycles. The van der Waals surface area contributed by atoms with E-state index in [2.05, 4.69) is 0 Å². The molecule has 1 rings (SSSR count). The van der Waals surface area contributed by atoms with Crippen molar-refractivity contribution >= 4 is 81.5 Å². The lowest BCUT2D eigenvalue weighted by molar-refractivity contribution is -0.146. The van der Waals surface area contributed by atoms with E-state index >= 15 is 0 Å². The van der Waals surface area contributed by atoms with Gasteiger partial charge in [-0.15, -0.1) is 0 Å². The van der Waals surface area contributed by atoms with Crippen molar-refractivity contribution in [2.45, 2.75) is 23.1 Å². The summed E-state index contributed by atoms with van der Waals surface area (Å²) in [4.78, 5) is 21.7. The van der Waals surface area contributed by atoms with Crippen LogP contribution in [0.3, 0.4) is 0 Å². The third kappa shape index (κ3) is 3.06. The molecule has 4 nitrogen and oxygen atoms in total. The van der Waals surface area contributed by atoms with Crippen LogP contribution in [-0.2, 0) is 19.1 Å². The van der Waals surface area contributed by atoms with Gasteiger partial charge in [0.2, 0.25) is 4.87 Å². The molecule has 0 bridgehead atoms. The average Bonchev–Trinajstić information content (AvgIpc) is 2.42. The van der Waals surface area contributed by atoms with Crippen LogP contribution in [0.5, 0.6) is 0 Å². The van der Waals surface area contributed by atoms with E-state index in [1.54, 1.807) is 13.8 Å². The van der Waals surface area contributed by atoms with Crippen LogP contribution in [0, 0.1) is 0 Å². The van der Waals surface area contributed by atoms with Crippen LogP contribution in [0.1, 0.15) is 13.8 Å². The Hall–Kier alpha value is 0.160. The standard InChI is InChI=1S/C12H10Cl6O4/c1-3-21-9(19)7(13)5-6(8(14)15)11(16,12(5,17)18)10(20)22-4-2/h3-4H2,1-2H3/b7-5-. The molecule has 1 unspecified atom stereocenters. The van der Waals surface area contributed by atoms with E-state index in [9.17, 15) is 9.59 Å². The van der Waals surface area contributed by atoms with E-state index in [0.29, 0.717) is 0 Å². The Kier molecular flexibility index (Phi) is 6.77. The maximum atomic E-state index is 12.1. The molecule has 0 aromatic heterocycles. The number of hydrogen-bond acceptors (Lipinski definition) is 4. The normalized spacial score (nSPS) is 25.2. The summed E-state index contributed by atoms with van der Waals surface area (Å²) >= 11 is 35.8. The first-order valence-electron chi connectivity index (χ1n) is 5.94. The number of hydrogen-bond donors (Lipinski definition) is 0. The van der Waals surface area contributed by atoms with Gasteiger partial charge < -0.3 is 9.47 Å². The number of ether oxygens (including phenoxy) is 2. The van der Waals surface area contributed by atoms with Crippen molar-refractivity contribution in [3.63, 3.8) is 0 Å². The molecule has 0 spiro atoms. The molecule has 0 saturated heterocycles. The third-order valence-electron chi connectivity index (χ3n) is 2.76. The Balaban J connectivity index is 3.48. The number of allylic oxidation sites excluding steroid dienone is 1. The molecule has 10 heteroatoms. The lowest BCUT2D eigenvalue weighted by Gasteiger charge is -2.49. The van der Waals surface area contributed by atoms with Gasteiger partial charge in [0.15, 0.2) is 4.33 Å². The molecule has 22 heavy (non-hydrogen) atoms. The van der Waals surface area contributed by atoms with Crippen LogP contribution < -0.4 is 0 Å². The Morgan fingerprint density at radius 3 is 1.86 bits per heavy atom. The summed E-state index contributed by atoms with van der Waals surface area (Å²) in [6.45, 7) is 3.24. The molecule has 0 N–H and O–H groups in total. The van der Waals surface area contributed by atoms with Gasteiger partial charge in [0.25, 0.3) is 0 Å². The highest BCUT2D eigenvalue weighted by molar-refractivity contribution is 6.66. The zero-order valence-corrected chi connectivity index (χ0v) is 15.9. The Labute approximate surface area is 157 Å². The van der Waals surface area contributed by atoms with Crippen molar-refractivity contribution in [3.8, 4) is 0 Å². The molecule has 0 amide bonds. The molecular formula is C12H10Cl6O4. The van der Waals surface area contributed by atoms with E-state index in [4.69, 9.17) is 79.1 Å². The molecule has 1 aliphatic carbocycles. The average molecular weight is 431 g/mol. The minimum atomic E-state index is -2.09. The van der Waals surface area contributed by atoms with Crippen LogP contribution in [0.4, 0.5) is 0 Å². The number of alkyl halides is 3. The second-order valence-electron chi connectivity index (χ2n) is 4.00. The molecule has 0 aromatic rings. The van der Waals surface area contributed by atoms with Crippen LogP contribution in [-0.4, -0.2) is 34.4 Å². The molecule has 0 aromatic carbocycles. The molecule has 1 aliphatic rings. The summed E-state index contributed by atoms with van der Waals surface area (Å²) in [5.41, 5.74) is -0.391. The second-order valence-corrected chi connectivity index (χ2v) is 7.22. The lowest BCUT2D eigenvalue weighted by atomic mass is 9.72. The van der Waals surface area contributed by atoms with E-state index < -0.39 is 30.7 Å². The molecule has 1 atom stereocenters. The Morgan fingerprint density at radius 2 is 1.45 bits per heavy atom. The lowest BCUT2D eigenvalue weighted by Crippen LogP contribution is -2.62. The Morgan fingerprint density at radius 1 is 0.955 bits per heavy atom. The highest BCUT2D eigenvalue weighted by Crippen LogP contribution is 2.65. The van der Waals surface area contributed by atoms with Crippen LogP contribution >= 0.6 is 69.6 Å². The SMILES string of the molecule is CCOC(=O)/C(Cl)=C1\C(=C(Cl)Cl)C(Cl)(C(=O)OCC)C1(Cl)Cl. The van der Waals surface area contributed by atoms with Gasteiger partial charge in [-0.25, -0.2) is 9.59 Å². The number of esters is 2. The van der Waals surface area contributed by atoms with Crippen molar-refractivity contribution in [3.05, 3.63) is 20.7 Å². The van der Waals surface area contributed by atoms with Gasteiger partial charge in [-0.2, -0.15) is 0 Å². The summed E-state index contributed by atoms with van der Waals surface area (Å²) in [5.74, 6) is -1.87. The second kappa shape index (κ2) is 7.37. The number of carbonyl (C=O) groups excluding carboxylic acids is 2. The monoisotopic (exact) mass is 428 g/mol. The summed E-state index contributed by atoms with van der Waals surface area (Å²) < 4.78 is 7.08. The number of rotatable bonds is 4. The minimum Gasteiger partial charge on any atom is -0.464 e. The molecule has 0 aliphatic heterocycles. The number of carbonyl (C=O) groups is 2. The fourth-order valence-corrected chi connectivity index (χ4v) is 3.84. The summed E-state index contributed by atoms with van der Waals surface area (Å²) in [6, 6.07) is 0. The highest BCUT2D eigenvalue weighted by atomic mass is 35.5. The maximum Gasteiger partial charge on any atom is 0.350 e. The fourth-order valence-electron chi connectivity index (χ4n) is 1.83. The highest BCUT2D eigenvalue weighted by Gasteiger charge is 2.72. The van der Waals surface area contributed by atoms with Gasteiger partial charge in [0.05, 0.1) is 13.2 Å². The van der Waals surface area contributed by atoms with Gasteiger partial charge in [-0.05, 0) is 13.8 Å². The topological polar surface area (TPSA) is 52.6 Å². The predicted octanol–water partition coefficient (Wildman–Crippen LogP) is 4.46. The molecule has 1 fully saturated rings. The van der Waals surface area contributed by atoms with Crippen molar-refractivity contribution in [2.24, 2.45) is 0 Å². The van der Waals surface area contributed by atoms with Gasteiger partial charge in [-0.1, -0.05) is 69.6 Å². The molecular weight excluding hydrogens is 421 g/mol. The minimum absolute atomic E-state index is 0.0228. The van der Waals surface area contributed by atoms with E-state index in [0.717, 1.165) is 0 Å². The first kappa shape index (κ1) is 20.2. The van der Waals surface area contributed by atoms with Crippen molar-refractivity contribution in [2.75, 3.05) is 13.2 Å². The zero-order valence-electron chi connectivity index (χ0n) is 11.3. The van der Waals surface area contributed by atoms with E-state index in [1.807, 2.05) is 0 Å². The summed E-state index contributed by atoms with van der Waals surface area (Å²) in [7, 11) is 0. The first-order chi connectivity index (χ1) is 10.1. The first-order valence-corrected chi connectivity index (χ1v) is 8.21. The van der Waals surface area contributed by atoms with E-state index in [-0.39, 0.29) is 24.4 Å². The van der Waals surface area contributed by atoms with Crippen LogP contribution in [0.25, 0.3) is 0 Å². The molecule has 124 valence electrons. The van der Waals surface area contributed by atoms with Crippen LogP contribution in [0.15, 0.2) is 20.7 Å². The van der Waals surface area contributed by atoms with Crippen molar-refractivity contribution in [1.82, 2.24) is 0 Å². The molecule has 0 radical (unpaired) electrons. The fraction of sp³-hybridized carbons (Fsp3) is 0.500. The van der Waals surface area contributed by atoms with E-state index in [1.165, 1.54) is 0 Å². The van der Waals surface area contributed by atoms with Gasteiger partial charge in [0.1, 0.15) is 9.52 Å². The van der Waals surface area contributed by atoms with Crippen molar-refractivity contribution < 1.29 is 19.1 Å². The maximum absolute atomic E-state index is 12.1. The van der Waals surface area contributed by atoms with Crippen molar-refractivity contribution in [1.29, 1.82) is 0 Å². The summed E-state index contributed by atoms with van der Waals surface area (Å²) in [5, 5.41) is -0.471. The number of halogens is 6. The molecule has 0 heterocycles. The quantitative estimate of drug-likeness (QED) is 0.375. The van der Waals surface area contributed by atoms with Gasteiger partial charge >= 0.3 is 11.9 Å². The smallest absolute Gasteiger partial charge is 0.350 e. The summed E-state index contributed by atoms with van der Waals surface area (Å²) in [6.07, 6.45) is 0.